The van der Waals surface area contributed by atoms with Crippen molar-refractivity contribution in [3.63, 3.8) is 0 Å². The molecule has 2 aromatic rings. The third-order valence-corrected chi connectivity index (χ3v) is 2.90. The lowest BCUT2D eigenvalue weighted by molar-refractivity contribution is -0.118. The van der Waals surface area contributed by atoms with Gasteiger partial charge in [0.25, 0.3) is 11.8 Å². The lowest BCUT2D eigenvalue weighted by atomic mass is 10.2. The van der Waals surface area contributed by atoms with Gasteiger partial charge in [-0.2, -0.15) is 0 Å². The molecular formula is C14H11N3O4. The number of hydrogen-bond acceptors (Lipinski definition) is 5. The molecule has 106 valence electrons. The van der Waals surface area contributed by atoms with Gasteiger partial charge < -0.3 is 20.5 Å². The molecule has 2 amide bonds. The number of ether oxygens (including phenoxy) is 1. The van der Waals surface area contributed by atoms with Crippen LogP contribution < -0.4 is 15.4 Å². The maximum Gasteiger partial charge on any atom is 0.262 e. The number of carbonyl (C=O) groups is 2. The zero-order valence-corrected chi connectivity index (χ0v) is 10.8. The largest absolute Gasteiger partial charge is 0.493 e. The Balaban J connectivity index is 1.82. The molecule has 0 unspecified atom stereocenters. The molecule has 7 nitrogen and oxygen atoms in total. The summed E-state index contributed by atoms with van der Waals surface area (Å²) >= 11 is 0. The van der Waals surface area contributed by atoms with Crippen LogP contribution in [0.15, 0.2) is 36.5 Å². The van der Waals surface area contributed by atoms with Crippen LogP contribution in [0.5, 0.6) is 11.6 Å². The third-order valence-electron chi connectivity index (χ3n) is 2.90. The first-order valence-corrected chi connectivity index (χ1v) is 6.15. The van der Waals surface area contributed by atoms with Gasteiger partial charge in [0.15, 0.2) is 6.61 Å². The van der Waals surface area contributed by atoms with E-state index in [0.717, 1.165) is 0 Å². The first-order valence-electron chi connectivity index (χ1n) is 6.15. The molecule has 0 radical (unpaired) electrons. The van der Waals surface area contributed by atoms with Crippen molar-refractivity contribution in [1.82, 2.24) is 4.98 Å². The van der Waals surface area contributed by atoms with Crippen molar-refractivity contribution in [2.45, 2.75) is 0 Å². The van der Waals surface area contributed by atoms with E-state index in [9.17, 15) is 14.7 Å². The van der Waals surface area contributed by atoms with Crippen LogP contribution in [0.1, 0.15) is 10.4 Å². The summed E-state index contributed by atoms with van der Waals surface area (Å²) in [4.78, 5) is 26.9. The van der Waals surface area contributed by atoms with E-state index < -0.39 is 5.91 Å². The van der Waals surface area contributed by atoms with Gasteiger partial charge in [-0.05, 0) is 30.3 Å². The van der Waals surface area contributed by atoms with E-state index in [-0.39, 0.29) is 24.0 Å². The van der Waals surface area contributed by atoms with E-state index in [4.69, 9.17) is 4.74 Å². The van der Waals surface area contributed by atoms with Gasteiger partial charge in [-0.15, -0.1) is 0 Å². The highest BCUT2D eigenvalue weighted by atomic mass is 16.5. The minimum atomic E-state index is -0.497. The predicted molar refractivity (Wildman–Crippen MR) is 74.4 cm³/mol. The van der Waals surface area contributed by atoms with E-state index >= 15 is 0 Å². The third kappa shape index (κ3) is 2.62. The molecule has 0 saturated heterocycles. The Morgan fingerprint density at radius 3 is 3.05 bits per heavy atom. The number of fused-ring (bicyclic) bond motifs is 1. The first-order chi connectivity index (χ1) is 10.1. The molecule has 21 heavy (non-hydrogen) atoms. The zero-order valence-electron chi connectivity index (χ0n) is 10.8. The maximum absolute atomic E-state index is 12.0. The van der Waals surface area contributed by atoms with Crippen molar-refractivity contribution in [3.05, 3.63) is 42.1 Å². The molecule has 0 saturated carbocycles. The second kappa shape index (κ2) is 5.12. The van der Waals surface area contributed by atoms with Gasteiger partial charge in [-0.1, -0.05) is 0 Å². The van der Waals surface area contributed by atoms with Crippen LogP contribution in [0.3, 0.4) is 0 Å². The summed E-state index contributed by atoms with van der Waals surface area (Å²) in [6, 6.07) is 7.88. The Morgan fingerprint density at radius 1 is 1.38 bits per heavy atom. The van der Waals surface area contributed by atoms with E-state index in [1.807, 2.05) is 0 Å². The lowest BCUT2D eigenvalue weighted by Crippen LogP contribution is -2.25. The van der Waals surface area contributed by atoms with Gasteiger partial charge >= 0.3 is 0 Å². The summed E-state index contributed by atoms with van der Waals surface area (Å²) in [7, 11) is 0. The summed E-state index contributed by atoms with van der Waals surface area (Å²) in [6.45, 7) is -0.0255. The number of carbonyl (C=O) groups excluding carboxylic acids is 2. The van der Waals surface area contributed by atoms with Gasteiger partial charge in [0.2, 0.25) is 5.88 Å². The SMILES string of the molecule is O=C1COc2ccc(NC(=O)c3cccnc3O)cc2N1. The van der Waals surface area contributed by atoms with Crippen LogP contribution in [-0.2, 0) is 4.79 Å². The number of nitrogens with one attached hydrogen (secondary N) is 2. The van der Waals surface area contributed by atoms with Crippen molar-refractivity contribution in [1.29, 1.82) is 0 Å². The topological polar surface area (TPSA) is 101 Å². The van der Waals surface area contributed by atoms with Crippen molar-refractivity contribution in [3.8, 4) is 11.6 Å². The Bertz CT molecular complexity index is 730. The monoisotopic (exact) mass is 285 g/mol. The second-order valence-corrected chi connectivity index (χ2v) is 4.38. The minimum Gasteiger partial charge on any atom is -0.493 e. The first kappa shape index (κ1) is 12.9. The average Bonchev–Trinajstić information content (AvgIpc) is 2.47. The Kier molecular flexibility index (Phi) is 3.15. The molecule has 1 aliphatic rings. The Morgan fingerprint density at radius 2 is 2.24 bits per heavy atom. The van der Waals surface area contributed by atoms with Crippen LogP contribution in [0.25, 0.3) is 0 Å². The number of amides is 2. The smallest absolute Gasteiger partial charge is 0.262 e. The molecule has 0 fully saturated rings. The average molecular weight is 285 g/mol. The van der Waals surface area contributed by atoms with Gasteiger partial charge in [0.1, 0.15) is 11.3 Å². The van der Waals surface area contributed by atoms with Gasteiger partial charge in [-0.3, -0.25) is 9.59 Å². The maximum atomic E-state index is 12.0. The normalized spacial score (nSPS) is 12.9. The molecule has 1 aliphatic heterocycles. The number of rotatable bonds is 2. The van der Waals surface area contributed by atoms with Crippen LogP contribution >= 0.6 is 0 Å². The molecule has 0 aliphatic carbocycles. The highest BCUT2D eigenvalue weighted by Crippen LogP contribution is 2.30. The van der Waals surface area contributed by atoms with Crippen LogP contribution in [0.4, 0.5) is 11.4 Å². The Hall–Kier alpha value is -3.09. The summed E-state index contributed by atoms with van der Waals surface area (Å²) in [5.41, 5.74) is 1.02. The van der Waals surface area contributed by atoms with E-state index in [0.29, 0.717) is 17.1 Å². The summed E-state index contributed by atoms with van der Waals surface area (Å²) in [5.74, 6) is -0.555. The van der Waals surface area contributed by atoms with Crippen LogP contribution in [0, 0.1) is 0 Å². The van der Waals surface area contributed by atoms with Crippen LogP contribution in [-0.4, -0.2) is 28.5 Å². The molecule has 7 heteroatoms. The fourth-order valence-corrected chi connectivity index (χ4v) is 1.93. The standard InChI is InChI=1S/C14H11N3O4/c18-12-7-21-11-4-3-8(6-10(11)17-12)16-14(20)9-2-1-5-15-13(9)19/h1-6H,7H2,(H,15,19)(H,16,20)(H,17,18). The Labute approximate surface area is 119 Å². The number of aromatic hydroxyl groups is 1. The van der Waals surface area contributed by atoms with Gasteiger partial charge in [0, 0.05) is 11.9 Å². The highest BCUT2D eigenvalue weighted by molar-refractivity contribution is 6.06. The molecule has 3 N–H and O–H groups in total. The highest BCUT2D eigenvalue weighted by Gasteiger charge is 2.17. The molecule has 0 bridgehead atoms. The van der Waals surface area contributed by atoms with Crippen LogP contribution in [0.2, 0.25) is 0 Å². The van der Waals surface area contributed by atoms with Crippen molar-refractivity contribution >= 4 is 23.2 Å². The molecule has 0 spiro atoms. The minimum absolute atomic E-state index is 0.0255. The second-order valence-electron chi connectivity index (χ2n) is 4.38. The molecule has 0 atom stereocenters. The number of anilines is 2. The quantitative estimate of drug-likeness (QED) is 0.773. The van der Waals surface area contributed by atoms with Gasteiger partial charge in [-0.25, -0.2) is 4.98 Å². The fraction of sp³-hybridized carbons (Fsp3) is 0.0714. The summed E-state index contributed by atoms with van der Waals surface area (Å²) in [6.07, 6.45) is 1.39. The number of pyridine rings is 1. The number of nitrogens with zero attached hydrogens (tertiary/aromatic N) is 1. The molecule has 3 rings (SSSR count). The summed E-state index contributed by atoms with van der Waals surface area (Å²) in [5, 5.41) is 14.8. The lowest BCUT2D eigenvalue weighted by Gasteiger charge is -2.18. The number of hydrogen-bond donors (Lipinski definition) is 3. The predicted octanol–water partition coefficient (Wildman–Crippen LogP) is 1.37. The molecule has 1 aromatic heterocycles. The van der Waals surface area contributed by atoms with Crippen molar-refractivity contribution in [2.24, 2.45) is 0 Å². The fourth-order valence-electron chi connectivity index (χ4n) is 1.93. The van der Waals surface area contributed by atoms with E-state index in [1.54, 1.807) is 24.3 Å². The van der Waals surface area contributed by atoms with Crippen molar-refractivity contribution < 1.29 is 19.4 Å². The molecule has 1 aromatic carbocycles. The zero-order chi connectivity index (χ0) is 14.8. The number of benzene rings is 1. The molecule has 2 heterocycles. The van der Waals surface area contributed by atoms with Crippen molar-refractivity contribution in [2.75, 3.05) is 17.2 Å². The molecular weight excluding hydrogens is 274 g/mol. The van der Waals surface area contributed by atoms with E-state index in [1.165, 1.54) is 12.3 Å². The van der Waals surface area contributed by atoms with Gasteiger partial charge in [0.05, 0.1) is 5.69 Å². The number of aromatic nitrogens is 1. The summed E-state index contributed by atoms with van der Waals surface area (Å²) < 4.78 is 5.22. The van der Waals surface area contributed by atoms with E-state index in [2.05, 4.69) is 15.6 Å².